The summed E-state index contributed by atoms with van der Waals surface area (Å²) in [6, 6.07) is 15.6. The summed E-state index contributed by atoms with van der Waals surface area (Å²) in [6.45, 7) is 3.88. The minimum atomic E-state index is -0.498. The number of nitrogens with one attached hydrogen (secondary N) is 2. The summed E-state index contributed by atoms with van der Waals surface area (Å²) >= 11 is 0. The highest BCUT2D eigenvalue weighted by molar-refractivity contribution is 6.09. The highest BCUT2D eigenvalue weighted by atomic mass is 16.5. The highest BCUT2D eigenvalue weighted by Crippen LogP contribution is 2.17. The molecule has 0 radical (unpaired) electrons. The topological polar surface area (TPSA) is 91.2 Å². The Morgan fingerprint density at radius 2 is 1.62 bits per heavy atom. The van der Waals surface area contributed by atoms with E-state index in [0.29, 0.717) is 29.3 Å². The number of anilines is 2. The van der Waals surface area contributed by atoms with Gasteiger partial charge in [-0.25, -0.2) is 0 Å². The molecule has 2 amide bonds. The Kier molecular flexibility index (Phi) is 6.52. The van der Waals surface area contributed by atoms with Gasteiger partial charge >= 0.3 is 0 Å². The molecule has 132 valence electrons. The monoisotopic (exact) mass is 349 g/mol. The van der Waals surface area contributed by atoms with Crippen LogP contribution < -0.4 is 15.4 Å². The number of hydrogen-bond acceptors (Lipinski definition) is 4. The molecule has 0 aliphatic heterocycles. The Balaban J connectivity index is 2.08. The molecule has 0 saturated carbocycles. The smallest absolute Gasteiger partial charge is 0.266 e. The number of ether oxygens (including phenoxy) is 1. The average molecular weight is 349 g/mol. The molecule has 2 rings (SSSR count). The predicted molar refractivity (Wildman–Crippen MR) is 101 cm³/mol. The third-order valence-corrected chi connectivity index (χ3v) is 3.33. The fourth-order valence-corrected chi connectivity index (χ4v) is 2.18. The number of nitriles is 1. The van der Waals surface area contributed by atoms with Crippen LogP contribution in [0.5, 0.6) is 5.75 Å². The van der Waals surface area contributed by atoms with Crippen molar-refractivity contribution in [1.82, 2.24) is 0 Å². The molecule has 26 heavy (non-hydrogen) atoms. The standard InChI is InChI=1S/C20H19N3O3/c1-3-26-19-10-8-18(9-11-19)23-20(25)16(13-21)12-15-4-6-17(7-5-15)22-14(2)24/h4-12H,3H2,1-2H3,(H,22,24)(H,23,25)/b16-12+. The molecule has 0 unspecified atom stereocenters. The molecule has 6 nitrogen and oxygen atoms in total. The van der Waals surface area contributed by atoms with Gasteiger partial charge in [0.05, 0.1) is 6.61 Å². The fraction of sp³-hybridized carbons (Fsp3) is 0.150. The first kappa shape index (κ1) is 18.7. The number of benzene rings is 2. The number of carbonyl (C=O) groups excluding carboxylic acids is 2. The molecule has 0 saturated heterocycles. The second-order valence-corrected chi connectivity index (χ2v) is 5.38. The van der Waals surface area contributed by atoms with E-state index in [0.717, 1.165) is 0 Å². The van der Waals surface area contributed by atoms with Gasteiger partial charge in [0, 0.05) is 18.3 Å². The zero-order valence-electron chi connectivity index (χ0n) is 14.6. The van der Waals surface area contributed by atoms with Crippen LogP contribution in [0.4, 0.5) is 11.4 Å². The van der Waals surface area contributed by atoms with Crippen molar-refractivity contribution in [2.24, 2.45) is 0 Å². The third-order valence-electron chi connectivity index (χ3n) is 3.33. The Morgan fingerprint density at radius 3 is 2.15 bits per heavy atom. The Bertz CT molecular complexity index is 847. The number of rotatable bonds is 6. The molecule has 0 bridgehead atoms. The first-order valence-corrected chi connectivity index (χ1v) is 8.05. The molecular formula is C20H19N3O3. The molecule has 2 aromatic carbocycles. The molecule has 0 aliphatic rings. The van der Waals surface area contributed by atoms with Crippen molar-refractivity contribution < 1.29 is 14.3 Å². The molecule has 0 atom stereocenters. The van der Waals surface area contributed by atoms with E-state index in [2.05, 4.69) is 10.6 Å². The number of carbonyl (C=O) groups is 2. The first-order valence-electron chi connectivity index (χ1n) is 8.05. The van der Waals surface area contributed by atoms with Gasteiger partial charge in [0.1, 0.15) is 17.4 Å². The zero-order valence-corrected chi connectivity index (χ0v) is 14.6. The van der Waals surface area contributed by atoms with Gasteiger partial charge in [0.2, 0.25) is 5.91 Å². The van der Waals surface area contributed by atoms with Gasteiger partial charge in [-0.15, -0.1) is 0 Å². The van der Waals surface area contributed by atoms with Gasteiger partial charge in [-0.3, -0.25) is 9.59 Å². The molecular weight excluding hydrogens is 330 g/mol. The third kappa shape index (κ3) is 5.49. The van der Waals surface area contributed by atoms with Crippen molar-refractivity contribution in [1.29, 1.82) is 5.26 Å². The van der Waals surface area contributed by atoms with E-state index in [1.54, 1.807) is 48.5 Å². The summed E-state index contributed by atoms with van der Waals surface area (Å²) in [7, 11) is 0. The second kappa shape index (κ2) is 9.04. The second-order valence-electron chi connectivity index (χ2n) is 5.38. The molecule has 0 spiro atoms. The average Bonchev–Trinajstić information content (AvgIpc) is 2.62. The largest absolute Gasteiger partial charge is 0.494 e. The van der Waals surface area contributed by atoms with Gasteiger partial charge in [0.15, 0.2) is 0 Å². The van der Waals surface area contributed by atoms with E-state index < -0.39 is 5.91 Å². The maximum atomic E-state index is 12.3. The van der Waals surface area contributed by atoms with E-state index >= 15 is 0 Å². The van der Waals surface area contributed by atoms with Crippen molar-refractivity contribution in [3.05, 3.63) is 59.7 Å². The number of hydrogen-bond donors (Lipinski definition) is 2. The molecule has 6 heteroatoms. The van der Waals surface area contributed by atoms with E-state index in [1.807, 2.05) is 13.0 Å². The van der Waals surface area contributed by atoms with Gasteiger partial charge < -0.3 is 15.4 Å². The first-order chi connectivity index (χ1) is 12.5. The zero-order chi connectivity index (χ0) is 18.9. The molecule has 0 aliphatic carbocycles. The van der Waals surface area contributed by atoms with Gasteiger partial charge in [0.25, 0.3) is 5.91 Å². The predicted octanol–water partition coefficient (Wildman–Crippen LogP) is 3.59. The quantitative estimate of drug-likeness (QED) is 0.616. The van der Waals surface area contributed by atoms with Crippen LogP contribution in [0.3, 0.4) is 0 Å². The van der Waals surface area contributed by atoms with Crippen LogP contribution in [-0.2, 0) is 9.59 Å². The van der Waals surface area contributed by atoms with Crippen LogP contribution in [0.15, 0.2) is 54.1 Å². The van der Waals surface area contributed by atoms with E-state index in [9.17, 15) is 14.9 Å². The van der Waals surface area contributed by atoms with Crippen molar-refractivity contribution >= 4 is 29.3 Å². The normalized spacial score (nSPS) is 10.6. The molecule has 0 heterocycles. The van der Waals surface area contributed by atoms with Crippen molar-refractivity contribution in [3.63, 3.8) is 0 Å². The molecule has 0 fully saturated rings. The minimum Gasteiger partial charge on any atom is -0.494 e. The summed E-state index contributed by atoms with van der Waals surface area (Å²) in [5.41, 5.74) is 1.87. The summed E-state index contributed by atoms with van der Waals surface area (Å²) in [6.07, 6.45) is 1.49. The summed E-state index contributed by atoms with van der Waals surface area (Å²) in [5, 5.41) is 14.6. The summed E-state index contributed by atoms with van der Waals surface area (Å²) in [4.78, 5) is 23.3. The van der Waals surface area contributed by atoms with Crippen molar-refractivity contribution in [2.75, 3.05) is 17.2 Å². The molecule has 2 N–H and O–H groups in total. The number of amides is 2. The van der Waals surface area contributed by atoms with E-state index in [-0.39, 0.29) is 11.5 Å². The van der Waals surface area contributed by atoms with Gasteiger partial charge in [-0.05, 0) is 55.0 Å². The fourth-order valence-electron chi connectivity index (χ4n) is 2.18. The lowest BCUT2D eigenvalue weighted by Crippen LogP contribution is -2.13. The lowest BCUT2D eigenvalue weighted by Gasteiger charge is -2.07. The van der Waals surface area contributed by atoms with Gasteiger partial charge in [-0.1, -0.05) is 12.1 Å². The van der Waals surface area contributed by atoms with E-state index in [4.69, 9.17) is 4.74 Å². The lowest BCUT2D eigenvalue weighted by atomic mass is 10.1. The van der Waals surface area contributed by atoms with Crippen LogP contribution >= 0.6 is 0 Å². The summed E-state index contributed by atoms with van der Waals surface area (Å²) in [5.74, 6) is 0.0455. The van der Waals surface area contributed by atoms with Crippen molar-refractivity contribution in [2.45, 2.75) is 13.8 Å². The Morgan fingerprint density at radius 1 is 1.04 bits per heavy atom. The van der Waals surface area contributed by atoms with Gasteiger partial charge in [-0.2, -0.15) is 5.26 Å². The molecule has 0 aromatic heterocycles. The van der Waals surface area contributed by atoms with E-state index in [1.165, 1.54) is 13.0 Å². The van der Waals surface area contributed by atoms with Crippen LogP contribution in [0.1, 0.15) is 19.4 Å². The molecule has 2 aromatic rings. The number of nitrogens with zero attached hydrogens (tertiary/aromatic N) is 1. The highest BCUT2D eigenvalue weighted by Gasteiger charge is 2.09. The van der Waals surface area contributed by atoms with Crippen molar-refractivity contribution in [3.8, 4) is 11.8 Å². The Hall–Kier alpha value is -3.59. The SMILES string of the molecule is CCOc1ccc(NC(=O)/C(C#N)=C/c2ccc(NC(C)=O)cc2)cc1. The van der Waals surface area contributed by atoms with Crippen LogP contribution in [-0.4, -0.2) is 18.4 Å². The minimum absolute atomic E-state index is 0.0221. The van der Waals surface area contributed by atoms with Crippen LogP contribution in [0.25, 0.3) is 6.08 Å². The van der Waals surface area contributed by atoms with Crippen LogP contribution in [0, 0.1) is 11.3 Å². The maximum absolute atomic E-state index is 12.3. The Labute approximate surface area is 152 Å². The summed E-state index contributed by atoms with van der Waals surface area (Å²) < 4.78 is 5.34. The van der Waals surface area contributed by atoms with Crippen LogP contribution in [0.2, 0.25) is 0 Å². The maximum Gasteiger partial charge on any atom is 0.266 e. The lowest BCUT2D eigenvalue weighted by molar-refractivity contribution is -0.114.